The van der Waals surface area contributed by atoms with Gasteiger partial charge in [-0.3, -0.25) is 9.78 Å². The molecular formula is C13H15N5O2. The number of hydrogen-bond donors (Lipinski definition) is 1. The van der Waals surface area contributed by atoms with Gasteiger partial charge in [-0.1, -0.05) is 5.21 Å². The summed E-state index contributed by atoms with van der Waals surface area (Å²) in [6.45, 7) is 1.01. The minimum atomic E-state index is -0.315. The zero-order chi connectivity index (χ0) is 13.8. The van der Waals surface area contributed by atoms with Crippen LogP contribution in [0.3, 0.4) is 0 Å². The third kappa shape index (κ3) is 2.83. The van der Waals surface area contributed by atoms with Gasteiger partial charge in [-0.05, 0) is 25.0 Å². The second-order valence-corrected chi connectivity index (χ2v) is 4.58. The number of aromatic nitrogens is 4. The molecule has 3 heterocycles. The molecule has 2 aromatic rings. The Kier molecular flexibility index (Phi) is 3.69. The first-order valence-electron chi connectivity index (χ1n) is 6.54. The van der Waals surface area contributed by atoms with E-state index < -0.39 is 0 Å². The molecule has 7 heteroatoms. The quantitative estimate of drug-likeness (QED) is 0.875. The smallest absolute Gasteiger partial charge is 0.249 e. The number of nitrogens with one attached hydrogen (secondary N) is 1. The van der Waals surface area contributed by atoms with Crippen molar-refractivity contribution in [1.29, 1.82) is 0 Å². The Balaban J connectivity index is 1.59. The van der Waals surface area contributed by atoms with E-state index in [1.54, 1.807) is 23.3 Å². The molecule has 0 bridgehead atoms. The summed E-state index contributed by atoms with van der Waals surface area (Å²) in [5.74, 6) is -0.0824. The number of nitrogens with zero attached hydrogens (tertiary/aromatic N) is 4. The van der Waals surface area contributed by atoms with Gasteiger partial charge in [-0.2, -0.15) is 0 Å². The SMILES string of the molecule is O=C(NCc1cn(-c2ccncc2)nn1)C1CCCO1. The monoisotopic (exact) mass is 273 g/mol. The fourth-order valence-corrected chi connectivity index (χ4v) is 2.08. The lowest BCUT2D eigenvalue weighted by atomic mass is 10.2. The van der Waals surface area contributed by atoms with Crippen LogP contribution in [0.1, 0.15) is 18.5 Å². The van der Waals surface area contributed by atoms with Gasteiger partial charge in [0.15, 0.2) is 0 Å². The van der Waals surface area contributed by atoms with Gasteiger partial charge in [-0.25, -0.2) is 4.68 Å². The first-order valence-corrected chi connectivity index (χ1v) is 6.54. The Hall–Kier alpha value is -2.28. The van der Waals surface area contributed by atoms with E-state index in [1.807, 2.05) is 12.1 Å². The average Bonchev–Trinajstić information content (AvgIpc) is 3.17. The first kappa shape index (κ1) is 12.7. The van der Waals surface area contributed by atoms with Gasteiger partial charge in [0.05, 0.1) is 18.4 Å². The van der Waals surface area contributed by atoms with Crippen molar-refractivity contribution in [2.75, 3.05) is 6.61 Å². The van der Waals surface area contributed by atoms with Crippen LogP contribution >= 0.6 is 0 Å². The molecule has 1 fully saturated rings. The van der Waals surface area contributed by atoms with E-state index in [-0.39, 0.29) is 12.0 Å². The molecule has 0 aromatic carbocycles. The van der Waals surface area contributed by atoms with E-state index in [9.17, 15) is 4.79 Å². The maximum absolute atomic E-state index is 11.8. The van der Waals surface area contributed by atoms with Crippen LogP contribution in [0.15, 0.2) is 30.7 Å². The van der Waals surface area contributed by atoms with Crippen LogP contribution in [0.5, 0.6) is 0 Å². The van der Waals surface area contributed by atoms with Crippen molar-refractivity contribution < 1.29 is 9.53 Å². The van der Waals surface area contributed by atoms with Crippen LogP contribution in [0.25, 0.3) is 5.69 Å². The molecular weight excluding hydrogens is 258 g/mol. The van der Waals surface area contributed by atoms with Gasteiger partial charge >= 0.3 is 0 Å². The minimum Gasteiger partial charge on any atom is -0.368 e. The third-order valence-corrected chi connectivity index (χ3v) is 3.13. The summed E-state index contributed by atoms with van der Waals surface area (Å²) in [5.41, 5.74) is 1.58. The lowest BCUT2D eigenvalue weighted by Gasteiger charge is -2.08. The van der Waals surface area contributed by atoms with E-state index in [0.29, 0.717) is 18.8 Å². The van der Waals surface area contributed by atoms with Crippen LogP contribution in [0.4, 0.5) is 0 Å². The molecule has 20 heavy (non-hydrogen) atoms. The number of rotatable bonds is 4. The van der Waals surface area contributed by atoms with E-state index >= 15 is 0 Å². The van der Waals surface area contributed by atoms with Gasteiger partial charge in [0.25, 0.3) is 0 Å². The number of carbonyl (C=O) groups excluding carboxylic acids is 1. The molecule has 0 spiro atoms. The Morgan fingerprint density at radius 3 is 3.05 bits per heavy atom. The molecule has 0 radical (unpaired) electrons. The van der Waals surface area contributed by atoms with Crippen molar-refractivity contribution in [3.8, 4) is 5.69 Å². The molecule has 1 saturated heterocycles. The average molecular weight is 273 g/mol. The minimum absolute atomic E-state index is 0.0824. The summed E-state index contributed by atoms with van der Waals surface area (Å²) in [7, 11) is 0. The second-order valence-electron chi connectivity index (χ2n) is 4.58. The molecule has 3 rings (SSSR count). The molecule has 1 aliphatic rings. The highest BCUT2D eigenvalue weighted by molar-refractivity contribution is 5.80. The van der Waals surface area contributed by atoms with Crippen LogP contribution in [0, 0.1) is 0 Å². The Bertz CT molecular complexity index is 577. The van der Waals surface area contributed by atoms with Crippen LogP contribution < -0.4 is 5.32 Å². The second kappa shape index (κ2) is 5.79. The van der Waals surface area contributed by atoms with Crippen LogP contribution in [0.2, 0.25) is 0 Å². The zero-order valence-electron chi connectivity index (χ0n) is 10.9. The number of carbonyl (C=O) groups is 1. The number of pyridine rings is 1. The molecule has 1 atom stereocenters. The number of ether oxygens (including phenoxy) is 1. The maximum Gasteiger partial charge on any atom is 0.249 e. The van der Waals surface area contributed by atoms with Crippen molar-refractivity contribution in [3.05, 3.63) is 36.4 Å². The van der Waals surface area contributed by atoms with Crippen molar-refractivity contribution in [2.45, 2.75) is 25.5 Å². The topological polar surface area (TPSA) is 81.9 Å². The molecule has 1 amide bonds. The summed E-state index contributed by atoms with van der Waals surface area (Å²) in [5, 5.41) is 10.9. The van der Waals surface area contributed by atoms with Gasteiger partial charge in [0.1, 0.15) is 11.8 Å². The van der Waals surface area contributed by atoms with E-state index in [2.05, 4.69) is 20.6 Å². The Labute approximate surface area is 116 Å². The van der Waals surface area contributed by atoms with Crippen LogP contribution in [-0.4, -0.2) is 38.6 Å². The largest absolute Gasteiger partial charge is 0.368 e. The number of amides is 1. The van der Waals surface area contributed by atoms with Crippen LogP contribution in [-0.2, 0) is 16.1 Å². The van der Waals surface area contributed by atoms with Gasteiger partial charge < -0.3 is 10.1 Å². The fraction of sp³-hybridized carbons (Fsp3) is 0.385. The highest BCUT2D eigenvalue weighted by atomic mass is 16.5. The summed E-state index contributed by atoms with van der Waals surface area (Å²) >= 11 is 0. The third-order valence-electron chi connectivity index (χ3n) is 3.13. The summed E-state index contributed by atoms with van der Waals surface area (Å²) in [6, 6.07) is 3.67. The molecule has 1 aliphatic heterocycles. The van der Waals surface area contributed by atoms with E-state index in [0.717, 1.165) is 18.5 Å². The lowest BCUT2D eigenvalue weighted by Crippen LogP contribution is -2.33. The van der Waals surface area contributed by atoms with Gasteiger partial charge in [0.2, 0.25) is 5.91 Å². The predicted octanol–water partition coefficient (Wildman–Crippen LogP) is 0.457. The van der Waals surface area contributed by atoms with Crippen molar-refractivity contribution in [2.24, 2.45) is 0 Å². The normalized spacial score (nSPS) is 18.1. The Morgan fingerprint density at radius 1 is 1.45 bits per heavy atom. The molecule has 0 aliphatic carbocycles. The molecule has 104 valence electrons. The summed E-state index contributed by atoms with van der Waals surface area (Å²) in [6.07, 6.45) is 6.58. The van der Waals surface area contributed by atoms with Gasteiger partial charge in [-0.15, -0.1) is 5.10 Å². The number of hydrogen-bond acceptors (Lipinski definition) is 5. The maximum atomic E-state index is 11.8. The summed E-state index contributed by atoms with van der Waals surface area (Å²) in [4.78, 5) is 15.7. The van der Waals surface area contributed by atoms with Crippen molar-refractivity contribution in [1.82, 2.24) is 25.3 Å². The van der Waals surface area contributed by atoms with E-state index in [1.165, 1.54) is 0 Å². The fourth-order valence-electron chi connectivity index (χ4n) is 2.08. The molecule has 7 nitrogen and oxygen atoms in total. The highest BCUT2D eigenvalue weighted by Crippen LogP contribution is 2.12. The molecule has 1 unspecified atom stereocenters. The standard InChI is InChI=1S/C13H15N5O2/c19-13(12-2-1-7-20-12)15-8-10-9-18(17-16-10)11-3-5-14-6-4-11/h3-6,9,12H,1-2,7-8H2,(H,15,19). The van der Waals surface area contributed by atoms with E-state index in [4.69, 9.17) is 4.74 Å². The van der Waals surface area contributed by atoms with Gasteiger partial charge in [0, 0.05) is 19.0 Å². The molecule has 0 saturated carbocycles. The summed E-state index contributed by atoms with van der Waals surface area (Å²) < 4.78 is 6.97. The van der Waals surface area contributed by atoms with Crippen molar-refractivity contribution in [3.63, 3.8) is 0 Å². The Morgan fingerprint density at radius 2 is 2.30 bits per heavy atom. The van der Waals surface area contributed by atoms with Crippen molar-refractivity contribution >= 4 is 5.91 Å². The lowest BCUT2D eigenvalue weighted by molar-refractivity contribution is -0.130. The highest BCUT2D eigenvalue weighted by Gasteiger charge is 2.23. The first-order chi connectivity index (χ1) is 9.83. The molecule has 2 aromatic heterocycles. The zero-order valence-corrected chi connectivity index (χ0v) is 10.9. The predicted molar refractivity (Wildman–Crippen MR) is 70.0 cm³/mol. The molecule has 1 N–H and O–H groups in total.